The predicted molar refractivity (Wildman–Crippen MR) is 86.5 cm³/mol. The molecule has 6 heteroatoms. The summed E-state index contributed by atoms with van der Waals surface area (Å²) in [5, 5.41) is 8.09. The number of hydrogen-bond donors (Lipinski definition) is 1. The summed E-state index contributed by atoms with van der Waals surface area (Å²) in [7, 11) is 1.94. The van der Waals surface area contributed by atoms with Crippen LogP contribution in [0.3, 0.4) is 0 Å². The molecule has 0 spiro atoms. The minimum Gasteiger partial charge on any atom is -0.338 e. The number of hydrogen-bond acceptors (Lipinski definition) is 3. The monoisotopic (exact) mass is 318 g/mol. The molecule has 1 amide bonds. The quantitative estimate of drug-likeness (QED) is 0.940. The van der Waals surface area contributed by atoms with Gasteiger partial charge in [0, 0.05) is 24.3 Å². The Bertz CT molecular complexity index is 670. The Kier molecular flexibility index (Phi) is 4.45. The molecule has 116 valence electrons. The maximum Gasteiger partial charge on any atom is 0.257 e. The molecule has 1 aromatic heterocycles. The lowest BCUT2D eigenvalue weighted by molar-refractivity contribution is 0.0787. The summed E-state index contributed by atoms with van der Waals surface area (Å²) in [5.41, 5.74) is 1.46. The Morgan fingerprint density at radius 1 is 1.50 bits per heavy atom. The van der Waals surface area contributed by atoms with Gasteiger partial charge in [-0.2, -0.15) is 5.10 Å². The normalized spacial score (nSPS) is 17.9. The number of carbonyl (C=O) groups excluding carboxylic acids is 1. The van der Waals surface area contributed by atoms with Gasteiger partial charge in [-0.05, 0) is 44.1 Å². The summed E-state index contributed by atoms with van der Waals surface area (Å²) in [4.78, 5) is 14.4. The molecule has 1 aliphatic rings. The van der Waals surface area contributed by atoms with E-state index in [9.17, 15) is 4.79 Å². The fourth-order valence-corrected chi connectivity index (χ4v) is 3.03. The molecule has 0 bridgehead atoms. The lowest BCUT2D eigenvalue weighted by atomic mass is 10.1. The van der Waals surface area contributed by atoms with Crippen LogP contribution < -0.4 is 5.32 Å². The van der Waals surface area contributed by atoms with Crippen LogP contribution in [-0.2, 0) is 0 Å². The van der Waals surface area contributed by atoms with Crippen molar-refractivity contribution in [1.82, 2.24) is 20.0 Å². The van der Waals surface area contributed by atoms with Crippen molar-refractivity contribution in [3.63, 3.8) is 0 Å². The Hall–Kier alpha value is -1.85. The van der Waals surface area contributed by atoms with Gasteiger partial charge in [-0.15, -0.1) is 0 Å². The van der Waals surface area contributed by atoms with Crippen LogP contribution in [0, 0.1) is 5.92 Å². The largest absolute Gasteiger partial charge is 0.338 e. The van der Waals surface area contributed by atoms with E-state index in [0.717, 1.165) is 31.7 Å². The van der Waals surface area contributed by atoms with E-state index in [1.165, 1.54) is 0 Å². The van der Waals surface area contributed by atoms with Gasteiger partial charge in [-0.1, -0.05) is 17.7 Å². The van der Waals surface area contributed by atoms with Gasteiger partial charge in [-0.3, -0.25) is 4.79 Å². The first-order valence-electron chi connectivity index (χ1n) is 7.42. The Labute approximate surface area is 134 Å². The molecule has 0 unspecified atom stereocenters. The average molecular weight is 319 g/mol. The maximum absolute atomic E-state index is 12.5. The highest BCUT2D eigenvalue weighted by molar-refractivity contribution is 6.30. The fourth-order valence-electron chi connectivity index (χ4n) is 2.85. The Morgan fingerprint density at radius 2 is 2.36 bits per heavy atom. The van der Waals surface area contributed by atoms with Crippen molar-refractivity contribution in [2.75, 3.05) is 26.7 Å². The second-order valence-corrected chi connectivity index (χ2v) is 6.05. The first-order chi connectivity index (χ1) is 10.7. The second-order valence-electron chi connectivity index (χ2n) is 5.62. The van der Waals surface area contributed by atoms with Crippen LogP contribution in [-0.4, -0.2) is 47.3 Å². The molecule has 3 rings (SSSR count). The van der Waals surface area contributed by atoms with Crippen molar-refractivity contribution in [2.45, 2.75) is 6.42 Å². The van der Waals surface area contributed by atoms with Gasteiger partial charge in [-0.25, -0.2) is 4.68 Å². The van der Waals surface area contributed by atoms with Crippen LogP contribution in [0.2, 0.25) is 5.02 Å². The summed E-state index contributed by atoms with van der Waals surface area (Å²) in [5.74, 6) is 0.587. The molecule has 0 radical (unpaired) electrons. The van der Waals surface area contributed by atoms with Gasteiger partial charge in [0.2, 0.25) is 0 Å². The van der Waals surface area contributed by atoms with Gasteiger partial charge >= 0.3 is 0 Å². The van der Waals surface area contributed by atoms with Gasteiger partial charge in [0.1, 0.15) is 0 Å². The highest BCUT2D eigenvalue weighted by Crippen LogP contribution is 2.19. The summed E-state index contributed by atoms with van der Waals surface area (Å²) >= 11 is 5.99. The number of nitrogens with zero attached hydrogens (tertiary/aromatic N) is 3. The molecule has 2 heterocycles. The Morgan fingerprint density at radius 3 is 3.14 bits per heavy atom. The number of halogens is 1. The third-order valence-corrected chi connectivity index (χ3v) is 4.20. The van der Waals surface area contributed by atoms with E-state index in [1.54, 1.807) is 17.1 Å². The van der Waals surface area contributed by atoms with Crippen LogP contribution in [0.4, 0.5) is 0 Å². The summed E-state index contributed by atoms with van der Waals surface area (Å²) in [6.07, 6.45) is 4.43. The average Bonchev–Trinajstić information content (AvgIpc) is 3.16. The highest BCUT2D eigenvalue weighted by Gasteiger charge is 2.27. The van der Waals surface area contributed by atoms with Gasteiger partial charge < -0.3 is 10.2 Å². The topological polar surface area (TPSA) is 50.2 Å². The number of rotatable bonds is 4. The molecule has 2 aromatic rings. The van der Waals surface area contributed by atoms with Gasteiger partial charge in [0.15, 0.2) is 0 Å². The molecule has 1 fully saturated rings. The lowest BCUT2D eigenvalue weighted by Gasteiger charge is -2.15. The zero-order chi connectivity index (χ0) is 15.5. The standard InChI is InChI=1S/C16H19ClN4O/c1-18-8-12-5-6-20(10-12)16(22)13-9-19-21(11-13)15-4-2-3-14(17)7-15/h2-4,7,9,11-12,18H,5-6,8,10H2,1H3/t12-/m1/s1. The van der Waals surface area contributed by atoms with E-state index < -0.39 is 0 Å². The van der Waals surface area contributed by atoms with E-state index >= 15 is 0 Å². The van der Waals surface area contributed by atoms with Crippen molar-refractivity contribution < 1.29 is 4.79 Å². The van der Waals surface area contributed by atoms with E-state index in [2.05, 4.69) is 10.4 Å². The molecule has 5 nitrogen and oxygen atoms in total. The first-order valence-corrected chi connectivity index (χ1v) is 7.79. The summed E-state index contributed by atoms with van der Waals surface area (Å²) < 4.78 is 1.68. The first kappa shape index (κ1) is 15.1. The van der Waals surface area contributed by atoms with Crippen LogP contribution in [0.1, 0.15) is 16.8 Å². The number of benzene rings is 1. The van der Waals surface area contributed by atoms with Crippen molar-refractivity contribution in [1.29, 1.82) is 0 Å². The highest BCUT2D eigenvalue weighted by atomic mass is 35.5. The summed E-state index contributed by atoms with van der Waals surface area (Å²) in [6, 6.07) is 7.41. The third kappa shape index (κ3) is 3.15. The minimum absolute atomic E-state index is 0.0480. The van der Waals surface area contributed by atoms with Crippen molar-refractivity contribution in [2.24, 2.45) is 5.92 Å². The molecular weight excluding hydrogens is 300 g/mol. The molecule has 1 aromatic carbocycles. The number of aromatic nitrogens is 2. The molecule has 0 aliphatic carbocycles. The van der Waals surface area contributed by atoms with Crippen LogP contribution >= 0.6 is 11.6 Å². The van der Waals surface area contributed by atoms with Crippen LogP contribution in [0.5, 0.6) is 0 Å². The van der Waals surface area contributed by atoms with Crippen molar-refractivity contribution >= 4 is 17.5 Å². The summed E-state index contributed by atoms with van der Waals surface area (Å²) in [6.45, 7) is 2.57. The lowest BCUT2D eigenvalue weighted by Crippen LogP contribution is -2.30. The van der Waals surface area contributed by atoms with E-state index in [1.807, 2.05) is 36.2 Å². The zero-order valence-electron chi connectivity index (χ0n) is 12.5. The molecule has 1 aliphatic heterocycles. The molecule has 1 N–H and O–H groups in total. The van der Waals surface area contributed by atoms with Gasteiger partial charge in [0.05, 0.1) is 17.4 Å². The number of likely N-dealkylation sites (tertiary alicyclic amines) is 1. The van der Waals surface area contributed by atoms with E-state index in [4.69, 9.17) is 11.6 Å². The SMILES string of the molecule is CNC[C@H]1CCN(C(=O)c2cnn(-c3cccc(Cl)c3)c2)C1. The molecule has 1 atom stereocenters. The predicted octanol–water partition coefficient (Wildman–Crippen LogP) is 2.21. The smallest absolute Gasteiger partial charge is 0.257 e. The van der Waals surface area contributed by atoms with E-state index in [-0.39, 0.29) is 5.91 Å². The number of nitrogens with one attached hydrogen (secondary N) is 1. The molecule has 22 heavy (non-hydrogen) atoms. The third-order valence-electron chi connectivity index (χ3n) is 3.97. The number of amides is 1. The van der Waals surface area contributed by atoms with Crippen LogP contribution in [0.25, 0.3) is 5.69 Å². The maximum atomic E-state index is 12.5. The number of carbonyl (C=O) groups is 1. The minimum atomic E-state index is 0.0480. The Balaban J connectivity index is 1.72. The van der Waals surface area contributed by atoms with Gasteiger partial charge in [0.25, 0.3) is 5.91 Å². The zero-order valence-corrected chi connectivity index (χ0v) is 13.3. The van der Waals surface area contributed by atoms with Crippen molar-refractivity contribution in [3.8, 4) is 5.69 Å². The fraction of sp³-hybridized carbons (Fsp3) is 0.375. The van der Waals surface area contributed by atoms with Crippen molar-refractivity contribution in [3.05, 3.63) is 47.2 Å². The van der Waals surface area contributed by atoms with Crippen LogP contribution in [0.15, 0.2) is 36.7 Å². The molecule has 1 saturated heterocycles. The second kappa shape index (κ2) is 6.50. The van der Waals surface area contributed by atoms with E-state index in [0.29, 0.717) is 16.5 Å². The molecular formula is C16H19ClN4O. The molecule has 0 saturated carbocycles.